The normalized spacial score (nSPS) is 18.2. The Hall–Kier alpha value is -4.66. The number of aromatic amines is 1. The lowest BCUT2D eigenvalue weighted by Gasteiger charge is -2.31. The van der Waals surface area contributed by atoms with Gasteiger partial charge in [0.25, 0.3) is 5.91 Å². The zero-order chi connectivity index (χ0) is 31.5. The Labute approximate surface area is 237 Å². The minimum absolute atomic E-state index is 0.0954. The molecule has 0 fully saturated rings. The number of alkyl halides is 6. The van der Waals surface area contributed by atoms with E-state index in [9.17, 15) is 45.4 Å². The number of hydrogen-bond donors (Lipinski definition) is 4. The summed E-state index contributed by atoms with van der Waals surface area (Å²) in [6.45, 7) is -0.510. The molecule has 0 spiro atoms. The van der Waals surface area contributed by atoms with Crippen molar-refractivity contribution in [2.75, 3.05) is 13.2 Å². The van der Waals surface area contributed by atoms with Crippen molar-refractivity contribution in [1.29, 1.82) is 0 Å². The van der Waals surface area contributed by atoms with E-state index in [-0.39, 0.29) is 45.8 Å². The highest BCUT2D eigenvalue weighted by molar-refractivity contribution is 5.98. The van der Waals surface area contributed by atoms with E-state index in [2.05, 4.69) is 9.97 Å². The number of nitrogens with two attached hydrogens (primary N) is 1. The number of carbonyl (C=O) groups is 2. The van der Waals surface area contributed by atoms with Crippen molar-refractivity contribution in [2.24, 2.45) is 5.73 Å². The highest BCUT2D eigenvalue weighted by Gasteiger charge is 2.57. The molecule has 4 aromatic rings. The van der Waals surface area contributed by atoms with E-state index in [0.717, 1.165) is 42.5 Å². The highest BCUT2D eigenvalue weighted by Crippen LogP contribution is 2.47. The lowest BCUT2D eigenvalue weighted by molar-refractivity contribution is -0.265. The fourth-order valence-electron chi connectivity index (χ4n) is 4.67. The second-order valence-electron chi connectivity index (χ2n) is 10.2. The van der Waals surface area contributed by atoms with Gasteiger partial charge in [0.15, 0.2) is 0 Å². The van der Waals surface area contributed by atoms with Gasteiger partial charge in [0, 0.05) is 22.0 Å². The number of halogens is 7. The number of pyridine rings is 1. The zero-order valence-corrected chi connectivity index (χ0v) is 22.0. The van der Waals surface area contributed by atoms with Crippen LogP contribution in [0.1, 0.15) is 34.2 Å². The Bertz CT molecular complexity index is 1750. The molecule has 15 heteroatoms. The van der Waals surface area contributed by atoms with Gasteiger partial charge in [-0.25, -0.2) is 9.37 Å². The van der Waals surface area contributed by atoms with Crippen molar-refractivity contribution in [3.63, 3.8) is 0 Å². The molecule has 226 valence electrons. The predicted molar refractivity (Wildman–Crippen MR) is 137 cm³/mol. The quantitative estimate of drug-likeness (QED) is 0.235. The van der Waals surface area contributed by atoms with Gasteiger partial charge >= 0.3 is 12.4 Å². The van der Waals surface area contributed by atoms with Crippen LogP contribution in [0.3, 0.4) is 0 Å². The SMILES string of the molecule is C[C@]1(C(N)=O)COc2c1cc(C(O)(CNC(=O)c1cc3ccc(C(F)(F)F)cc3[nH]1)C(F)(F)F)nc2-c1ccc(F)cc1. The maximum atomic E-state index is 14.5. The third kappa shape index (κ3) is 5.13. The molecule has 1 aliphatic heterocycles. The Kier molecular flexibility index (Phi) is 6.91. The molecule has 2 amide bonds. The summed E-state index contributed by atoms with van der Waals surface area (Å²) in [5.41, 5.74) is -2.71. The van der Waals surface area contributed by atoms with E-state index >= 15 is 0 Å². The van der Waals surface area contributed by atoms with Crippen LogP contribution in [0.5, 0.6) is 5.75 Å². The Morgan fingerprint density at radius 1 is 1.07 bits per heavy atom. The van der Waals surface area contributed by atoms with Gasteiger partial charge in [-0.05, 0) is 55.5 Å². The first-order chi connectivity index (χ1) is 19.9. The fraction of sp³-hybridized carbons (Fsp3) is 0.250. The summed E-state index contributed by atoms with van der Waals surface area (Å²) in [6.07, 6.45) is -10.1. The van der Waals surface area contributed by atoms with Gasteiger partial charge in [-0.2, -0.15) is 26.3 Å². The number of aliphatic hydroxyl groups is 1. The van der Waals surface area contributed by atoms with Crippen LogP contribution in [0.2, 0.25) is 0 Å². The maximum Gasteiger partial charge on any atom is 0.424 e. The first-order valence-electron chi connectivity index (χ1n) is 12.5. The Morgan fingerprint density at radius 3 is 2.35 bits per heavy atom. The number of carbonyl (C=O) groups excluding carboxylic acids is 2. The monoisotopic (exact) mass is 610 g/mol. The first-order valence-corrected chi connectivity index (χ1v) is 12.5. The van der Waals surface area contributed by atoms with Crippen molar-refractivity contribution >= 4 is 22.7 Å². The third-order valence-electron chi connectivity index (χ3n) is 7.33. The fourth-order valence-corrected chi connectivity index (χ4v) is 4.67. The maximum absolute atomic E-state index is 14.5. The molecule has 0 saturated carbocycles. The van der Waals surface area contributed by atoms with E-state index in [1.165, 1.54) is 19.1 Å². The summed E-state index contributed by atoms with van der Waals surface area (Å²) in [5.74, 6) is -2.86. The van der Waals surface area contributed by atoms with E-state index in [4.69, 9.17) is 10.5 Å². The molecular weight excluding hydrogens is 589 g/mol. The molecular formula is C28H21F7N4O4. The summed E-state index contributed by atoms with van der Waals surface area (Å²) in [5, 5.41) is 13.2. The lowest BCUT2D eigenvalue weighted by atomic mass is 9.81. The summed E-state index contributed by atoms with van der Waals surface area (Å²) in [4.78, 5) is 31.6. The Morgan fingerprint density at radius 2 is 1.74 bits per heavy atom. The average Bonchev–Trinajstić information content (AvgIpc) is 3.52. The van der Waals surface area contributed by atoms with Crippen LogP contribution >= 0.6 is 0 Å². The largest absolute Gasteiger partial charge is 0.489 e. The molecule has 0 bridgehead atoms. The molecule has 2 aromatic carbocycles. The molecule has 0 radical (unpaired) electrons. The number of nitrogens with one attached hydrogen (secondary N) is 2. The van der Waals surface area contributed by atoms with Gasteiger partial charge in [-0.15, -0.1) is 0 Å². The van der Waals surface area contributed by atoms with Gasteiger partial charge in [0.2, 0.25) is 11.5 Å². The van der Waals surface area contributed by atoms with Crippen molar-refractivity contribution < 1.29 is 50.2 Å². The molecule has 3 heterocycles. The number of aromatic nitrogens is 2. The minimum Gasteiger partial charge on any atom is -0.489 e. The number of nitrogens with zero attached hydrogens (tertiary/aromatic N) is 1. The smallest absolute Gasteiger partial charge is 0.424 e. The van der Waals surface area contributed by atoms with Crippen LogP contribution in [0.25, 0.3) is 22.2 Å². The Balaban J connectivity index is 1.55. The van der Waals surface area contributed by atoms with E-state index in [1.54, 1.807) is 0 Å². The molecule has 5 rings (SSSR count). The lowest BCUT2D eigenvalue weighted by Crippen LogP contribution is -2.52. The van der Waals surface area contributed by atoms with Crippen LogP contribution in [0.15, 0.2) is 54.6 Å². The van der Waals surface area contributed by atoms with Crippen LogP contribution in [0, 0.1) is 5.82 Å². The number of benzene rings is 2. The van der Waals surface area contributed by atoms with E-state index in [0.29, 0.717) is 0 Å². The average molecular weight is 610 g/mol. The second kappa shape index (κ2) is 9.97. The molecule has 43 heavy (non-hydrogen) atoms. The minimum atomic E-state index is -5.45. The van der Waals surface area contributed by atoms with Gasteiger partial charge in [-0.3, -0.25) is 9.59 Å². The number of rotatable bonds is 6. The van der Waals surface area contributed by atoms with E-state index < -0.39 is 58.8 Å². The number of amides is 2. The van der Waals surface area contributed by atoms with Crippen LogP contribution in [-0.4, -0.2) is 46.2 Å². The van der Waals surface area contributed by atoms with Crippen LogP contribution in [0.4, 0.5) is 30.7 Å². The number of ether oxygens (including phenoxy) is 1. The van der Waals surface area contributed by atoms with Gasteiger partial charge in [-0.1, -0.05) is 6.07 Å². The second-order valence-corrected chi connectivity index (χ2v) is 10.2. The first kappa shape index (κ1) is 29.8. The molecule has 5 N–H and O–H groups in total. The van der Waals surface area contributed by atoms with Crippen molar-refractivity contribution in [2.45, 2.75) is 30.3 Å². The summed E-state index contributed by atoms with van der Waals surface area (Å²) < 4.78 is 102. The van der Waals surface area contributed by atoms with Gasteiger partial charge < -0.3 is 25.9 Å². The van der Waals surface area contributed by atoms with Crippen molar-refractivity contribution in [3.05, 3.63) is 82.9 Å². The van der Waals surface area contributed by atoms with Gasteiger partial charge in [0.1, 0.15) is 35.0 Å². The highest BCUT2D eigenvalue weighted by atomic mass is 19.4. The molecule has 0 saturated heterocycles. The molecule has 1 aliphatic rings. The van der Waals surface area contributed by atoms with Crippen LogP contribution < -0.4 is 15.8 Å². The summed E-state index contributed by atoms with van der Waals surface area (Å²) in [6, 6.07) is 9.00. The molecule has 1 unspecified atom stereocenters. The number of H-pyrrole nitrogens is 1. The standard InChI is InChI=1S/C28H21F7N4O4/c1-25(24(36)41)12-43-22-17(25)10-20(39-21(22)13-3-6-16(29)7-4-13)26(42,28(33,34)35)11-37-23(40)19-8-14-2-5-15(27(30,31)32)9-18(14)38-19/h2-10,38,42H,11-12H2,1H3,(H2,36,41)(H,37,40)/t25-,26?/m0/s1. The molecule has 8 nitrogen and oxygen atoms in total. The number of hydrogen-bond acceptors (Lipinski definition) is 5. The van der Waals surface area contributed by atoms with Crippen LogP contribution in [-0.2, 0) is 22.0 Å². The summed E-state index contributed by atoms with van der Waals surface area (Å²) >= 11 is 0. The van der Waals surface area contributed by atoms with Gasteiger partial charge in [0.05, 0.1) is 17.8 Å². The van der Waals surface area contributed by atoms with Crippen molar-refractivity contribution in [1.82, 2.24) is 15.3 Å². The third-order valence-corrected chi connectivity index (χ3v) is 7.33. The predicted octanol–water partition coefficient (Wildman–Crippen LogP) is 4.70. The number of fused-ring (bicyclic) bond motifs is 2. The van der Waals surface area contributed by atoms with E-state index in [1.807, 2.05) is 5.32 Å². The number of primary amides is 1. The molecule has 2 atom stereocenters. The topological polar surface area (TPSA) is 130 Å². The summed E-state index contributed by atoms with van der Waals surface area (Å²) in [7, 11) is 0. The van der Waals surface area contributed by atoms with Crippen molar-refractivity contribution in [3.8, 4) is 17.0 Å². The zero-order valence-electron chi connectivity index (χ0n) is 22.0. The molecule has 2 aromatic heterocycles. The molecule has 0 aliphatic carbocycles.